The van der Waals surface area contributed by atoms with Gasteiger partial charge in [-0.1, -0.05) is 36.4 Å². The van der Waals surface area contributed by atoms with Crippen LogP contribution in [-0.4, -0.2) is 16.7 Å². The largest absolute Gasteiger partial charge is 0.369 e. The average Bonchev–Trinajstić information content (AvgIpc) is 2.94. The van der Waals surface area contributed by atoms with Crippen molar-refractivity contribution in [2.45, 2.75) is 13.8 Å². The summed E-state index contributed by atoms with van der Waals surface area (Å²) >= 11 is 1.59. The SMILES string of the molecule is C/C(=N\NC(=N)N)c1sc(-c2ccc3ccccc3c2)nc1C. The molecule has 0 fully saturated rings. The molecule has 0 spiro atoms. The highest BCUT2D eigenvalue weighted by Gasteiger charge is 2.12. The molecule has 0 saturated carbocycles. The molecule has 0 radical (unpaired) electrons. The summed E-state index contributed by atoms with van der Waals surface area (Å²) in [7, 11) is 0. The lowest BCUT2D eigenvalue weighted by Gasteiger charge is -2.00. The highest BCUT2D eigenvalue weighted by atomic mass is 32.1. The van der Waals surface area contributed by atoms with Crippen LogP contribution >= 0.6 is 11.3 Å². The molecular formula is C17H17N5S. The molecule has 0 unspecified atom stereocenters. The number of thiazole rings is 1. The third-order valence-corrected chi connectivity index (χ3v) is 4.78. The van der Waals surface area contributed by atoms with E-state index >= 15 is 0 Å². The fourth-order valence-electron chi connectivity index (χ4n) is 2.37. The molecule has 1 heterocycles. The Bertz CT molecular complexity index is 910. The molecule has 5 nitrogen and oxygen atoms in total. The lowest BCUT2D eigenvalue weighted by molar-refractivity contribution is 0.992. The van der Waals surface area contributed by atoms with Crippen molar-refractivity contribution in [3.63, 3.8) is 0 Å². The van der Waals surface area contributed by atoms with Gasteiger partial charge < -0.3 is 5.73 Å². The predicted octanol–water partition coefficient (Wildman–Crippen LogP) is 3.48. The summed E-state index contributed by atoms with van der Waals surface area (Å²) < 4.78 is 0. The van der Waals surface area contributed by atoms with Gasteiger partial charge in [-0.2, -0.15) is 5.10 Å². The van der Waals surface area contributed by atoms with Crippen molar-refractivity contribution < 1.29 is 0 Å². The Labute approximate surface area is 138 Å². The molecule has 23 heavy (non-hydrogen) atoms. The molecule has 0 bridgehead atoms. The maximum atomic E-state index is 7.17. The van der Waals surface area contributed by atoms with Gasteiger partial charge in [0.1, 0.15) is 5.01 Å². The van der Waals surface area contributed by atoms with Crippen molar-refractivity contribution >= 4 is 33.8 Å². The lowest BCUT2D eigenvalue weighted by atomic mass is 10.1. The molecule has 3 rings (SSSR count). The fraction of sp³-hybridized carbons (Fsp3) is 0.118. The number of benzene rings is 2. The van der Waals surface area contributed by atoms with Crippen molar-refractivity contribution in [1.82, 2.24) is 10.4 Å². The molecule has 1 aromatic heterocycles. The number of hydrazone groups is 1. The molecule has 0 aliphatic rings. The lowest BCUT2D eigenvalue weighted by Crippen LogP contribution is -2.26. The van der Waals surface area contributed by atoms with E-state index in [1.165, 1.54) is 10.8 Å². The molecule has 0 atom stereocenters. The third-order valence-electron chi connectivity index (χ3n) is 3.47. The molecule has 3 aromatic rings. The van der Waals surface area contributed by atoms with Crippen LogP contribution in [0.3, 0.4) is 0 Å². The Morgan fingerprint density at radius 3 is 2.70 bits per heavy atom. The van der Waals surface area contributed by atoms with Gasteiger partial charge in [-0.05, 0) is 30.7 Å². The second kappa shape index (κ2) is 6.18. The smallest absolute Gasteiger partial charge is 0.206 e. The predicted molar refractivity (Wildman–Crippen MR) is 97.1 cm³/mol. The number of hydrogen-bond acceptors (Lipinski definition) is 4. The van der Waals surface area contributed by atoms with E-state index < -0.39 is 0 Å². The first kappa shape index (κ1) is 15.2. The number of nitrogens with two attached hydrogens (primary N) is 1. The minimum absolute atomic E-state index is 0.179. The number of guanidine groups is 1. The summed E-state index contributed by atoms with van der Waals surface area (Å²) in [6.45, 7) is 3.84. The van der Waals surface area contributed by atoms with Gasteiger partial charge in [-0.15, -0.1) is 11.3 Å². The zero-order valence-electron chi connectivity index (χ0n) is 12.9. The Hall–Kier alpha value is -2.73. The second-order valence-corrected chi connectivity index (χ2v) is 6.22. The first-order chi connectivity index (χ1) is 11.0. The maximum absolute atomic E-state index is 7.17. The standard InChI is InChI=1S/C17H17N5S/c1-10-15(11(2)21-22-17(18)19)23-16(20-10)14-8-7-12-5-3-4-6-13(12)9-14/h3-9H,1-2H3,(H4,18,19,22)/b21-11+. The van der Waals surface area contributed by atoms with Crippen molar-refractivity contribution in [1.29, 1.82) is 5.41 Å². The summed E-state index contributed by atoms with van der Waals surface area (Å²) in [5, 5.41) is 14.6. The summed E-state index contributed by atoms with van der Waals surface area (Å²) in [6.07, 6.45) is 0. The van der Waals surface area contributed by atoms with Crippen LogP contribution in [-0.2, 0) is 0 Å². The van der Waals surface area contributed by atoms with Crippen LogP contribution < -0.4 is 11.2 Å². The van der Waals surface area contributed by atoms with Gasteiger partial charge in [0, 0.05) is 5.56 Å². The van der Waals surface area contributed by atoms with Crippen LogP contribution in [0.25, 0.3) is 21.3 Å². The quantitative estimate of drug-likeness (QED) is 0.392. The fourth-order valence-corrected chi connectivity index (χ4v) is 3.38. The molecule has 4 N–H and O–H groups in total. The Kier molecular flexibility index (Phi) is 4.08. The van der Waals surface area contributed by atoms with Crippen LogP contribution in [0.4, 0.5) is 0 Å². The maximum Gasteiger partial charge on any atom is 0.206 e. The molecule has 2 aromatic carbocycles. The summed E-state index contributed by atoms with van der Waals surface area (Å²) in [5.41, 5.74) is 10.5. The zero-order valence-corrected chi connectivity index (χ0v) is 13.7. The summed E-state index contributed by atoms with van der Waals surface area (Å²) in [5.74, 6) is -0.179. The Balaban J connectivity index is 1.98. The molecule has 0 amide bonds. The van der Waals surface area contributed by atoms with Crippen LogP contribution in [0.1, 0.15) is 17.5 Å². The van der Waals surface area contributed by atoms with Crippen LogP contribution in [0.15, 0.2) is 47.6 Å². The average molecular weight is 323 g/mol. The normalized spacial score (nSPS) is 11.7. The molecule has 0 aliphatic heterocycles. The summed E-state index contributed by atoms with van der Waals surface area (Å²) in [6, 6.07) is 14.6. The van der Waals surface area contributed by atoms with Gasteiger partial charge in [-0.3, -0.25) is 5.41 Å². The zero-order chi connectivity index (χ0) is 16.4. The third kappa shape index (κ3) is 3.22. The number of aromatic nitrogens is 1. The van der Waals surface area contributed by atoms with Crippen LogP contribution in [0, 0.1) is 12.3 Å². The van der Waals surface area contributed by atoms with Gasteiger partial charge >= 0.3 is 0 Å². The number of aryl methyl sites for hydroxylation is 1. The van der Waals surface area contributed by atoms with Crippen LogP contribution in [0.5, 0.6) is 0 Å². The minimum Gasteiger partial charge on any atom is -0.369 e. The Morgan fingerprint density at radius 1 is 1.22 bits per heavy atom. The molecule has 0 saturated heterocycles. The molecule has 0 aliphatic carbocycles. The summed E-state index contributed by atoms with van der Waals surface area (Å²) in [4.78, 5) is 5.65. The first-order valence-corrected chi connectivity index (χ1v) is 7.97. The molecule has 116 valence electrons. The number of nitrogens with zero attached hydrogens (tertiary/aromatic N) is 2. The molecular weight excluding hydrogens is 306 g/mol. The van der Waals surface area contributed by atoms with E-state index in [1.54, 1.807) is 11.3 Å². The van der Waals surface area contributed by atoms with E-state index in [2.05, 4.69) is 45.8 Å². The van der Waals surface area contributed by atoms with Crippen molar-refractivity contribution in [3.05, 3.63) is 53.0 Å². The number of nitrogens with one attached hydrogen (secondary N) is 2. The second-order valence-electron chi connectivity index (χ2n) is 5.22. The van der Waals surface area contributed by atoms with E-state index in [1.807, 2.05) is 26.0 Å². The van der Waals surface area contributed by atoms with Gasteiger partial charge in [0.25, 0.3) is 0 Å². The molecule has 6 heteroatoms. The van der Waals surface area contributed by atoms with Gasteiger partial charge in [0.15, 0.2) is 0 Å². The van der Waals surface area contributed by atoms with Crippen LogP contribution in [0.2, 0.25) is 0 Å². The van der Waals surface area contributed by atoms with Gasteiger partial charge in [0.05, 0.1) is 16.3 Å². The van der Waals surface area contributed by atoms with Crippen molar-refractivity contribution in [2.24, 2.45) is 10.8 Å². The Morgan fingerprint density at radius 2 is 1.96 bits per heavy atom. The van der Waals surface area contributed by atoms with E-state index in [0.717, 1.165) is 26.9 Å². The minimum atomic E-state index is -0.179. The monoisotopic (exact) mass is 323 g/mol. The van der Waals surface area contributed by atoms with E-state index in [9.17, 15) is 0 Å². The number of fused-ring (bicyclic) bond motifs is 1. The van der Waals surface area contributed by atoms with E-state index in [4.69, 9.17) is 11.1 Å². The number of rotatable bonds is 3. The van der Waals surface area contributed by atoms with E-state index in [-0.39, 0.29) is 5.96 Å². The highest BCUT2D eigenvalue weighted by Crippen LogP contribution is 2.30. The van der Waals surface area contributed by atoms with E-state index in [0.29, 0.717) is 0 Å². The van der Waals surface area contributed by atoms with Gasteiger partial charge in [0.2, 0.25) is 5.96 Å². The first-order valence-electron chi connectivity index (χ1n) is 7.16. The highest BCUT2D eigenvalue weighted by molar-refractivity contribution is 7.17. The van der Waals surface area contributed by atoms with Crippen molar-refractivity contribution in [3.8, 4) is 10.6 Å². The van der Waals surface area contributed by atoms with Crippen molar-refractivity contribution in [2.75, 3.05) is 0 Å². The van der Waals surface area contributed by atoms with Gasteiger partial charge in [-0.25, -0.2) is 10.4 Å². The number of hydrogen-bond donors (Lipinski definition) is 3. The topological polar surface area (TPSA) is 87.2 Å².